The van der Waals surface area contributed by atoms with Crippen molar-refractivity contribution in [3.63, 3.8) is 0 Å². The van der Waals surface area contributed by atoms with Crippen LogP contribution in [0.3, 0.4) is 0 Å². The van der Waals surface area contributed by atoms with Gasteiger partial charge in [-0.05, 0) is 25.9 Å². The van der Waals surface area contributed by atoms with E-state index in [9.17, 15) is 9.59 Å². The highest BCUT2D eigenvalue weighted by atomic mass is 16.2. The largest absolute Gasteiger partial charge is 0.292 e. The van der Waals surface area contributed by atoms with Crippen LogP contribution in [0, 0.1) is 0 Å². The second-order valence-electron chi connectivity index (χ2n) is 4.11. The lowest BCUT2D eigenvalue weighted by Gasteiger charge is -2.30. The molecule has 2 aliphatic rings. The third-order valence-electron chi connectivity index (χ3n) is 3.19. The molecule has 0 aromatic carbocycles. The topological polar surface area (TPSA) is 40.6 Å². The minimum atomic E-state index is -0.159. The highest BCUT2D eigenvalue weighted by Crippen LogP contribution is 2.20. The number of likely N-dealkylation sites (N-methyl/N-ethyl adjacent to an activating group) is 1. The number of rotatable bonds is 1. The maximum Gasteiger partial charge on any atom is 0.246 e. The van der Waals surface area contributed by atoms with Crippen molar-refractivity contribution in [3.8, 4) is 0 Å². The van der Waals surface area contributed by atoms with Gasteiger partial charge in [-0.15, -0.1) is 0 Å². The molecule has 0 aromatic rings. The molecule has 14 heavy (non-hydrogen) atoms. The Morgan fingerprint density at radius 3 is 2.29 bits per heavy atom. The lowest BCUT2D eigenvalue weighted by atomic mass is 10.1. The van der Waals surface area contributed by atoms with E-state index in [1.165, 1.54) is 11.3 Å². The zero-order valence-corrected chi connectivity index (χ0v) is 8.53. The normalized spacial score (nSPS) is 30.1. The molecule has 2 fully saturated rings. The van der Waals surface area contributed by atoms with E-state index < -0.39 is 0 Å². The number of carbonyl (C=O) groups excluding carboxylic acids is 2. The van der Waals surface area contributed by atoms with Crippen molar-refractivity contribution in [3.05, 3.63) is 0 Å². The average molecular weight is 196 g/mol. The van der Waals surface area contributed by atoms with Crippen LogP contribution >= 0.6 is 0 Å². The maximum atomic E-state index is 11.7. The molecule has 4 heteroatoms. The van der Waals surface area contributed by atoms with Crippen molar-refractivity contribution >= 4 is 11.8 Å². The number of hydrogen-bond donors (Lipinski definition) is 0. The van der Waals surface area contributed by atoms with Gasteiger partial charge in [0.15, 0.2) is 0 Å². The van der Waals surface area contributed by atoms with Crippen molar-refractivity contribution in [2.24, 2.45) is 0 Å². The standard InChI is InChI=1S/C10H16N2O2/c1-11-9(13)7-8(10(11)14)12-5-3-2-4-6-12/h8H,2-7H2,1H3. The van der Waals surface area contributed by atoms with Gasteiger partial charge < -0.3 is 0 Å². The molecule has 0 N–H and O–H groups in total. The Balaban J connectivity index is 2.04. The van der Waals surface area contributed by atoms with Crippen molar-refractivity contribution in [1.82, 2.24) is 9.80 Å². The predicted octanol–water partition coefficient (Wildman–Crippen LogP) is 0.230. The summed E-state index contributed by atoms with van der Waals surface area (Å²) in [5.41, 5.74) is 0. The Kier molecular flexibility index (Phi) is 2.54. The molecule has 2 aliphatic heterocycles. The van der Waals surface area contributed by atoms with Gasteiger partial charge in [0, 0.05) is 7.05 Å². The smallest absolute Gasteiger partial charge is 0.246 e. The molecule has 2 saturated heterocycles. The SMILES string of the molecule is CN1C(=O)CC(N2CCCCC2)C1=O. The molecule has 0 aliphatic carbocycles. The van der Waals surface area contributed by atoms with Gasteiger partial charge in [0.1, 0.15) is 0 Å². The highest BCUT2D eigenvalue weighted by molar-refractivity contribution is 6.05. The fraction of sp³-hybridized carbons (Fsp3) is 0.800. The zero-order valence-electron chi connectivity index (χ0n) is 8.53. The number of nitrogens with zero attached hydrogens (tertiary/aromatic N) is 2. The van der Waals surface area contributed by atoms with Crippen LogP contribution in [0.1, 0.15) is 25.7 Å². The molecule has 1 unspecified atom stereocenters. The van der Waals surface area contributed by atoms with Crippen LogP contribution in [0.4, 0.5) is 0 Å². The van der Waals surface area contributed by atoms with Crippen LogP contribution in [0.5, 0.6) is 0 Å². The lowest BCUT2D eigenvalue weighted by molar-refractivity contribution is -0.138. The van der Waals surface area contributed by atoms with Gasteiger partial charge in [0.25, 0.3) is 0 Å². The van der Waals surface area contributed by atoms with Crippen molar-refractivity contribution < 1.29 is 9.59 Å². The van der Waals surface area contributed by atoms with E-state index in [4.69, 9.17) is 0 Å². The number of carbonyl (C=O) groups is 2. The summed E-state index contributed by atoms with van der Waals surface area (Å²) >= 11 is 0. The van der Waals surface area contributed by atoms with E-state index >= 15 is 0 Å². The lowest BCUT2D eigenvalue weighted by Crippen LogP contribution is -2.43. The summed E-state index contributed by atoms with van der Waals surface area (Å²) in [6.45, 7) is 1.94. The summed E-state index contributed by atoms with van der Waals surface area (Å²) in [5.74, 6) is -0.0533. The van der Waals surface area contributed by atoms with Crippen LogP contribution in [-0.2, 0) is 9.59 Å². The summed E-state index contributed by atoms with van der Waals surface area (Å²) in [5, 5.41) is 0. The highest BCUT2D eigenvalue weighted by Gasteiger charge is 2.39. The number of imide groups is 1. The third-order valence-corrected chi connectivity index (χ3v) is 3.19. The van der Waals surface area contributed by atoms with Crippen LogP contribution < -0.4 is 0 Å². The molecule has 0 spiro atoms. The second-order valence-corrected chi connectivity index (χ2v) is 4.11. The van der Waals surface area contributed by atoms with Gasteiger partial charge in [-0.2, -0.15) is 0 Å². The first-order chi connectivity index (χ1) is 6.70. The summed E-state index contributed by atoms with van der Waals surface area (Å²) in [4.78, 5) is 26.4. The zero-order chi connectivity index (χ0) is 10.1. The van der Waals surface area contributed by atoms with Gasteiger partial charge in [0.05, 0.1) is 12.5 Å². The van der Waals surface area contributed by atoms with E-state index in [-0.39, 0.29) is 17.9 Å². The van der Waals surface area contributed by atoms with Gasteiger partial charge in [0.2, 0.25) is 11.8 Å². The molecular formula is C10H16N2O2. The van der Waals surface area contributed by atoms with E-state index in [1.807, 2.05) is 0 Å². The van der Waals surface area contributed by atoms with E-state index in [0.29, 0.717) is 6.42 Å². The number of likely N-dealkylation sites (tertiary alicyclic amines) is 2. The Hall–Kier alpha value is -0.900. The van der Waals surface area contributed by atoms with E-state index in [0.717, 1.165) is 25.9 Å². The predicted molar refractivity (Wildman–Crippen MR) is 51.6 cm³/mol. The average Bonchev–Trinajstić information content (AvgIpc) is 2.47. The van der Waals surface area contributed by atoms with Crippen LogP contribution in [0.25, 0.3) is 0 Å². The Morgan fingerprint density at radius 1 is 1.14 bits per heavy atom. The first-order valence-electron chi connectivity index (χ1n) is 5.24. The van der Waals surface area contributed by atoms with Crippen molar-refractivity contribution in [2.45, 2.75) is 31.7 Å². The van der Waals surface area contributed by atoms with Crippen LogP contribution in [-0.4, -0.2) is 47.8 Å². The number of hydrogen-bond acceptors (Lipinski definition) is 3. The minimum Gasteiger partial charge on any atom is -0.292 e. The van der Waals surface area contributed by atoms with Gasteiger partial charge in [-0.1, -0.05) is 6.42 Å². The Labute approximate surface area is 83.9 Å². The summed E-state index contributed by atoms with van der Waals surface area (Å²) in [6, 6.07) is -0.159. The molecule has 4 nitrogen and oxygen atoms in total. The monoisotopic (exact) mass is 196 g/mol. The second kappa shape index (κ2) is 3.69. The summed E-state index contributed by atoms with van der Waals surface area (Å²) in [7, 11) is 1.58. The molecule has 0 radical (unpaired) electrons. The number of piperidine rings is 1. The maximum absolute atomic E-state index is 11.7. The van der Waals surface area contributed by atoms with Gasteiger partial charge in [-0.3, -0.25) is 19.4 Å². The van der Waals surface area contributed by atoms with Gasteiger partial charge >= 0.3 is 0 Å². The fourth-order valence-electron chi connectivity index (χ4n) is 2.25. The summed E-state index contributed by atoms with van der Waals surface area (Å²) in [6.07, 6.45) is 3.94. The molecular weight excluding hydrogens is 180 g/mol. The minimum absolute atomic E-state index is 0.0168. The van der Waals surface area contributed by atoms with Crippen molar-refractivity contribution in [2.75, 3.05) is 20.1 Å². The summed E-state index contributed by atoms with van der Waals surface area (Å²) < 4.78 is 0. The molecule has 0 bridgehead atoms. The van der Waals surface area contributed by atoms with Crippen molar-refractivity contribution in [1.29, 1.82) is 0 Å². The van der Waals surface area contributed by atoms with Crippen LogP contribution in [0.2, 0.25) is 0 Å². The molecule has 0 aromatic heterocycles. The Bertz CT molecular complexity index is 259. The van der Waals surface area contributed by atoms with Crippen LogP contribution in [0.15, 0.2) is 0 Å². The molecule has 1 atom stereocenters. The van der Waals surface area contributed by atoms with E-state index in [2.05, 4.69) is 4.90 Å². The first kappa shape index (κ1) is 9.65. The third kappa shape index (κ3) is 1.54. The Morgan fingerprint density at radius 2 is 1.79 bits per heavy atom. The molecule has 2 amide bonds. The molecule has 2 heterocycles. The fourth-order valence-corrected chi connectivity index (χ4v) is 2.25. The molecule has 2 rings (SSSR count). The molecule has 0 saturated carbocycles. The first-order valence-corrected chi connectivity index (χ1v) is 5.24. The van der Waals surface area contributed by atoms with E-state index in [1.54, 1.807) is 7.05 Å². The molecule has 78 valence electrons. The number of amides is 2. The quantitative estimate of drug-likeness (QED) is 0.564. The van der Waals surface area contributed by atoms with Gasteiger partial charge in [-0.25, -0.2) is 0 Å².